The lowest BCUT2D eigenvalue weighted by atomic mass is 10.0. The van der Waals surface area contributed by atoms with Crippen LogP contribution in [0.1, 0.15) is 34.7 Å². The molecule has 0 fully saturated rings. The van der Waals surface area contributed by atoms with Crippen molar-refractivity contribution in [2.45, 2.75) is 25.0 Å². The van der Waals surface area contributed by atoms with Crippen LogP contribution >= 0.6 is 22.9 Å². The van der Waals surface area contributed by atoms with Crippen LogP contribution in [0.3, 0.4) is 0 Å². The third-order valence-electron chi connectivity index (χ3n) is 3.98. The van der Waals surface area contributed by atoms with E-state index in [-0.39, 0.29) is 34.3 Å². The Morgan fingerprint density at radius 3 is 2.86 bits per heavy atom. The molecule has 4 rings (SSSR count). The number of hydrogen-bond donors (Lipinski definition) is 1. The second-order valence-electron chi connectivity index (χ2n) is 5.86. The Kier molecular flexibility index (Phi) is 3.46. The van der Waals surface area contributed by atoms with E-state index >= 15 is 0 Å². The molecule has 1 aromatic carbocycles. The van der Waals surface area contributed by atoms with E-state index < -0.39 is 57.4 Å². The largest absolute Gasteiger partial charge is 0.454 e. The standard InChI is InChI=1S/C18H15ClN2O6S2/c1-9-5-13-14(26-8-25-13)7-11(9)6-12(22)17-15(3-4-28-17)29(23,24)21-18-16(19)10(2)20-27-18/h3-5,7,21H,6,8H2,1-2H3/i1D3,2D3. The highest BCUT2D eigenvalue weighted by Gasteiger charge is 2.27. The number of sulfonamides is 1. The molecule has 1 N–H and O–H groups in total. The Bertz CT molecular complexity index is 1410. The molecule has 0 radical (unpaired) electrons. The zero-order valence-electron chi connectivity index (χ0n) is 20.3. The molecule has 0 aliphatic carbocycles. The maximum absolute atomic E-state index is 13.1. The number of aryl methyl sites for hydroxylation is 2. The van der Waals surface area contributed by atoms with Crippen molar-refractivity contribution in [2.75, 3.05) is 11.5 Å². The van der Waals surface area contributed by atoms with Gasteiger partial charge in [0.15, 0.2) is 17.3 Å². The summed E-state index contributed by atoms with van der Waals surface area (Å²) in [6, 6.07) is 3.83. The Hall–Kier alpha value is -2.56. The van der Waals surface area contributed by atoms with Gasteiger partial charge in [-0.3, -0.25) is 4.79 Å². The lowest BCUT2D eigenvalue weighted by Crippen LogP contribution is -2.16. The number of carbonyl (C=O) groups is 1. The van der Waals surface area contributed by atoms with Crippen molar-refractivity contribution in [3.63, 3.8) is 0 Å². The average molecular weight is 461 g/mol. The van der Waals surface area contributed by atoms with Gasteiger partial charge in [0, 0.05) is 14.6 Å². The van der Waals surface area contributed by atoms with Gasteiger partial charge in [-0.05, 0) is 48.4 Å². The van der Waals surface area contributed by atoms with Gasteiger partial charge in [0.1, 0.15) is 15.6 Å². The first-order valence-corrected chi connectivity index (χ1v) is 10.6. The SMILES string of the molecule is [2H]C([2H])([2H])c1cc2c(cc1CC(=O)c1sccc1S(=O)(=O)Nc1onc(C([2H])([2H])[2H])c1Cl)OCO2. The van der Waals surface area contributed by atoms with Gasteiger partial charge < -0.3 is 14.0 Å². The number of ketones is 1. The zero-order valence-corrected chi connectivity index (χ0v) is 16.7. The van der Waals surface area contributed by atoms with Gasteiger partial charge in [0.2, 0.25) is 6.79 Å². The number of fused-ring (bicyclic) bond motifs is 1. The number of Topliss-reactive ketones (excluding diaryl/α,β-unsaturated/α-hetero) is 1. The molecule has 0 unspecified atom stereocenters. The number of ether oxygens (including phenoxy) is 2. The van der Waals surface area contributed by atoms with Crippen LogP contribution in [-0.4, -0.2) is 26.2 Å². The molecule has 0 bridgehead atoms. The molecule has 0 saturated carbocycles. The monoisotopic (exact) mass is 460 g/mol. The summed E-state index contributed by atoms with van der Waals surface area (Å²) in [5, 5.41) is 4.11. The lowest BCUT2D eigenvalue weighted by Gasteiger charge is -2.09. The fraction of sp³-hybridized carbons (Fsp3) is 0.222. The molecule has 8 nitrogen and oxygen atoms in total. The molecule has 2 aromatic heterocycles. The molecule has 11 heteroatoms. The Labute approximate surface area is 183 Å². The van der Waals surface area contributed by atoms with Gasteiger partial charge >= 0.3 is 0 Å². The zero-order chi connectivity index (χ0) is 25.8. The van der Waals surface area contributed by atoms with Gasteiger partial charge in [0.05, 0.1) is 4.88 Å². The first-order valence-electron chi connectivity index (χ1n) is 10.9. The first-order chi connectivity index (χ1) is 16.2. The van der Waals surface area contributed by atoms with Crippen molar-refractivity contribution in [1.29, 1.82) is 0 Å². The summed E-state index contributed by atoms with van der Waals surface area (Å²) in [6.45, 7) is -5.40. The van der Waals surface area contributed by atoms with Gasteiger partial charge in [-0.15, -0.1) is 11.3 Å². The number of carbonyl (C=O) groups excluding carboxylic acids is 1. The van der Waals surface area contributed by atoms with Crippen molar-refractivity contribution in [3.05, 3.63) is 50.3 Å². The number of rotatable bonds is 6. The van der Waals surface area contributed by atoms with Crippen molar-refractivity contribution in [3.8, 4) is 11.5 Å². The van der Waals surface area contributed by atoms with Crippen LogP contribution in [0.2, 0.25) is 5.02 Å². The number of hydrogen-bond acceptors (Lipinski definition) is 8. The summed E-state index contributed by atoms with van der Waals surface area (Å²) < 4.78 is 88.6. The highest BCUT2D eigenvalue weighted by Crippen LogP contribution is 2.36. The third kappa shape index (κ3) is 3.70. The number of nitrogens with one attached hydrogen (secondary N) is 1. The minimum atomic E-state index is -4.46. The molecule has 0 saturated heterocycles. The number of anilines is 1. The Morgan fingerprint density at radius 1 is 1.34 bits per heavy atom. The number of nitrogens with zero attached hydrogens (tertiary/aromatic N) is 1. The molecule has 1 aliphatic rings. The van der Waals surface area contributed by atoms with Crippen molar-refractivity contribution in [2.24, 2.45) is 0 Å². The molecule has 0 spiro atoms. The maximum Gasteiger partial charge on any atom is 0.265 e. The molecular formula is C18H15ClN2O6S2. The van der Waals surface area contributed by atoms with Crippen LogP contribution in [0, 0.1) is 13.7 Å². The predicted molar refractivity (Wildman–Crippen MR) is 107 cm³/mol. The second kappa shape index (κ2) is 7.36. The Morgan fingerprint density at radius 2 is 2.14 bits per heavy atom. The van der Waals surface area contributed by atoms with Crippen LogP contribution in [0.4, 0.5) is 5.88 Å². The van der Waals surface area contributed by atoms with E-state index in [0.717, 1.165) is 11.3 Å². The number of halogens is 1. The molecule has 29 heavy (non-hydrogen) atoms. The van der Waals surface area contributed by atoms with Gasteiger partial charge in [0.25, 0.3) is 15.9 Å². The summed E-state index contributed by atoms with van der Waals surface area (Å²) in [6.07, 6.45) is -0.431. The van der Waals surface area contributed by atoms with Crippen LogP contribution in [0.25, 0.3) is 0 Å². The molecule has 3 aromatic rings. The average Bonchev–Trinajstić information content (AvgIpc) is 3.46. The van der Waals surface area contributed by atoms with E-state index in [2.05, 4.69) is 5.16 Å². The molecule has 3 heterocycles. The van der Waals surface area contributed by atoms with Gasteiger partial charge in [-0.2, -0.15) is 0 Å². The summed E-state index contributed by atoms with van der Waals surface area (Å²) >= 11 is 6.74. The Balaban J connectivity index is 1.64. The molecule has 0 amide bonds. The number of benzene rings is 1. The van der Waals surface area contributed by atoms with Crippen LogP contribution in [0.15, 0.2) is 33.0 Å². The van der Waals surface area contributed by atoms with Crippen molar-refractivity contribution in [1.82, 2.24) is 5.16 Å². The van der Waals surface area contributed by atoms with Gasteiger partial charge in [-0.25, -0.2) is 13.1 Å². The highest BCUT2D eigenvalue weighted by molar-refractivity contribution is 7.93. The maximum atomic E-state index is 13.1. The normalized spacial score (nSPS) is 16.9. The quantitative estimate of drug-likeness (QED) is 0.554. The minimum absolute atomic E-state index is 0.0974. The van der Waals surface area contributed by atoms with E-state index in [1.807, 2.05) is 4.72 Å². The predicted octanol–water partition coefficient (Wildman–Crippen LogP) is 3.96. The van der Waals surface area contributed by atoms with E-state index in [1.54, 1.807) is 0 Å². The molecule has 1 aliphatic heterocycles. The molecule has 152 valence electrons. The molecular weight excluding hydrogens is 440 g/mol. The van der Waals surface area contributed by atoms with Crippen LogP contribution < -0.4 is 14.2 Å². The highest BCUT2D eigenvalue weighted by atomic mass is 35.5. The summed E-state index contributed by atoms with van der Waals surface area (Å²) in [4.78, 5) is 12.5. The summed E-state index contributed by atoms with van der Waals surface area (Å²) in [7, 11) is -4.46. The molecule has 0 atom stereocenters. The number of thiophene rings is 1. The fourth-order valence-electron chi connectivity index (χ4n) is 2.62. The number of aromatic nitrogens is 1. The van der Waals surface area contributed by atoms with Crippen molar-refractivity contribution < 1.29 is 35.4 Å². The van der Waals surface area contributed by atoms with E-state index in [4.69, 9.17) is 33.8 Å². The topological polar surface area (TPSA) is 108 Å². The van der Waals surface area contributed by atoms with E-state index in [1.165, 1.54) is 23.6 Å². The second-order valence-corrected chi connectivity index (χ2v) is 8.80. The fourth-order valence-corrected chi connectivity index (χ4v) is 5.17. The first kappa shape index (κ1) is 13.6. The summed E-state index contributed by atoms with van der Waals surface area (Å²) in [5.74, 6) is -0.790. The van der Waals surface area contributed by atoms with E-state index in [0.29, 0.717) is 0 Å². The minimum Gasteiger partial charge on any atom is -0.454 e. The van der Waals surface area contributed by atoms with E-state index in [9.17, 15) is 13.2 Å². The lowest BCUT2D eigenvalue weighted by molar-refractivity contribution is 0.0994. The van der Waals surface area contributed by atoms with Crippen LogP contribution in [0.5, 0.6) is 11.5 Å². The summed E-state index contributed by atoms with van der Waals surface area (Å²) in [5.41, 5.74) is -0.622. The smallest absolute Gasteiger partial charge is 0.265 e. The van der Waals surface area contributed by atoms with Gasteiger partial charge in [-0.1, -0.05) is 16.8 Å². The van der Waals surface area contributed by atoms with Crippen LogP contribution in [-0.2, 0) is 16.4 Å². The van der Waals surface area contributed by atoms with Crippen molar-refractivity contribution >= 4 is 44.6 Å². The third-order valence-corrected chi connectivity index (χ3v) is 6.79.